The standard InChI is InChI=1S/C9H17FN/c1-4-6-7-9(10)11(3)8-5-2/h6-7H,4-5,8H2,1-3H3/q+1. The van der Waals surface area contributed by atoms with Gasteiger partial charge in [-0.05, 0) is 6.42 Å². The Balaban J connectivity index is 4.03. The van der Waals surface area contributed by atoms with Gasteiger partial charge in [0.15, 0.2) is 0 Å². The summed E-state index contributed by atoms with van der Waals surface area (Å²) in [4.78, 5) is 0. The fourth-order valence-electron chi connectivity index (χ4n) is 0.785. The molecular formula is C9H17FN+. The van der Waals surface area contributed by atoms with Gasteiger partial charge in [-0.1, -0.05) is 19.9 Å². The molecule has 0 aliphatic rings. The van der Waals surface area contributed by atoms with Crippen molar-refractivity contribution in [1.82, 2.24) is 0 Å². The fourth-order valence-corrected chi connectivity index (χ4v) is 0.785. The number of nitrogens with zero attached hydrogens (tertiary/aromatic N) is 1. The van der Waals surface area contributed by atoms with Gasteiger partial charge in [-0.3, -0.25) is 0 Å². The van der Waals surface area contributed by atoms with Crippen LogP contribution in [0.4, 0.5) is 4.39 Å². The van der Waals surface area contributed by atoms with E-state index in [1.54, 1.807) is 11.6 Å². The summed E-state index contributed by atoms with van der Waals surface area (Å²) in [5.74, 6) is -0.145. The molecule has 0 N–H and O–H groups in total. The van der Waals surface area contributed by atoms with Crippen molar-refractivity contribution in [1.29, 1.82) is 0 Å². The highest BCUT2D eigenvalue weighted by molar-refractivity contribution is 5.81. The Morgan fingerprint density at radius 2 is 2.09 bits per heavy atom. The quantitative estimate of drug-likeness (QED) is 0.436. The molecule has 2 heteroatoms. The molecule has 0 aromatic heterocycles. The first-order chi connectivity index (χ1) is 5.22. The predicted octanol–water partition coefficient (Wildman–Crippen LogP) is 2.37. The van der Waals surface area contributed by atoms with Crippen LogP contribution in [0.3, 0.4) is 0 Å². The zero-order valence-electron chi connectivity index (χ0n) is 7.60. The van der Waals surface area contributed by atoms with Crippen molar-refractivity contribution in [3.05, 3.63) is 12.2 Å². The van der Waals surface area contributed by atoms with Crippen molar-refractivity contribution in [3.63, 3.8) is 0 Å². The van der Waals surface area contributed by atoms with E-state index in [4.69, 9.17) is 0 Å². The monoisotopic (exact) mass is 158 g/mol. The summed E-state index contributed by atoms with van der Waals surface area (Å²) in [6.07, 6.45) is 5.20. The van der Waals surface area contributed by atoms with Gasteiger partial charge < -0.3 is 0 Å². The summed E-state index contributed by atoms with van der Waals surface area (Å²) in [6.45, 7) is 4.80. The normalized spacial score (nSPS) is 13.8. The van der Waals surface area contributed by atoms with E-state index in [1.165, 1.54) is 6.08 Å². The molecule has 64 valence electrons. The maximum absolute atomic E-state index is 12.9. The molecule has 0 rings (SSSR count). The molecule has 0 amide bonds. The minimum absolute atomic E-state index is 0.145. The van der Waals surface area contributed by atoms with Gasteiger partial charge >= 0.3 is 5.97 Å². The number of allylic oxidation sites excluding steroid dienone is 2. The molecule has 0 aromatic carbocycles. The molecule has 1 nitrogen and oxygen atoms in total. The van der Waals surface area contributed by atoms with E-state index in [9.17, 15) is 4.39 Å². The fraction of sp³-hybridized carbons (Fsp3) is 0.667. The second-order valence-corrected chi connectivity index (χ2v) is 2.55. The van der Waals surface area contributed by atoms with Crippen LogP contribution in [0, 0.1) is 0 Å². The summed E-state index contributed by atoms with van der Waals surface area (Å²) >= 11 is 0. The van der Waals surface area contributed by atoms with Crippen LogP contribution in [-0.4, -0.2) is 24.1 Å². The molecule has 0 aliphatic carbocycles. The Morgan fingerprint density at radius 3 is 2.55 bits per heavy atom. The summed E-state index contributed by atoms with van der Waals surface area (Å²) in [6, 6.07) is 0. The van der Waals surface area contributed by atoms with Gasteiger partial charge in [0.2, 0.25) is 0 Å². The lowest BCUT2D eigenvalue weighted by Gasteiger charge is -1.92. The van der Waals surface area contributed by atoms with Crippen LogP contribution >= 0.6 is 0 Å². The molecule has 0 atom stereocenters. The molecule has 0 radical (unpaired) electrons. The van der Waals surface area contributed by atoms with Crippen LogP contribution in [-0.2, 0) is 0 Å². The van der Waals surface area contributed by atoms with Crippen LogP contribution in [0.25, 0.3) is 0 Å². The van der Waals surface area contributed by atoms with E-state index in [2.05, 4.69) is 0 Å². The van der Waals surface area contributed by atoms with E-state index in [-0.39, 0.29) is 5.97 Å². The van der Waals surface area contributed by atoms with Crippen LogP contribution < -0.4 is 0 Å². The molecule has 0 saturated carbocycles. The largest absolute Gasteiger partial charge is 0.353 e. The van der Waals surface area contributed by atoms with Crippen LogP contribution in [0.5, 0.6) is 0 Å². The van der Waals surface area contributed by atoms with Crippen molar-refractivity contribution in [2.45, 2.75) is 26.7 Å². The first-order valence-electron chi connectivity index (χ1n) is 4.12. The van der Waals surface area contributed by atoms with E-state index >= 15 is 0 Å². The zero-order chi connectivity index (χ0) is 8.69. The minimum Gasteiger partial charge on any atom is -0.208 e. The summed E-state index contributed by atoms with van der Waals surface area (Å²) in [5.41, 5.74) is 0. The maximum atomic E-state index is 12.9. The lowest BCUT2D eigenvalue weighted by atomic mass is 10.4. The molecule has 0 saturated heterocycles. The highest BCUT2D eigenvalue weighted by Gasteiger charge is 2.02. The lowest BCUT2D eigenvalue weighted by Crippen LogP contribution is -2.12. The first-order valence-corrected chi connectivity index (χ1v) is 4.12. The summed E-state index contributed by atoms with van der Waals surface area (Å²) in [5, 5.41) is 0. The molecular weight excluding hydrogens is 141 g/mol. The van der Waals surface area contributed by atoms with Gasteiger partial charge in [0, 0.05) is 12.5 Å². The molecule has 0 aliphatic heterocycles. The van der Waals surface area contributed by atoms with Crippen molar-refractivity contribution >= 4 is 5.97 Å². The average molecular weight is 158 g/mol. The van der Waals surface area contributed by atoms with Crippen LogP contribution in [0.1, 0.15) is 26.7 Å². The van der Waals surface area contributed by atoms with E-state index in [0.717, 1.165) is 19.4 Å². The van der Waals surface area contributed by atoms with Gasteiger partial charge in [0.1, 0.15) is 13.6 Å². The Hall–Kier alpha value is -0.660. The average Bonchev–Trinajstić information content (AvgIpc) is 2.00. The molecule has 0 bridgehead atoms. The van der Waals surface area contributed by atoms with Gasteiger partial charge in [-0.2, -0.15) is 0 Å². The Kier molecular flexibility index (Phi) is 5.71. The second-order valence-electron chi connectivity index (χ2n) is 2.55. The Bertz CT molecular complexity index is 159. The zero-order valence-corrected chi connectivity index (χ0v) is 7.60. The van der Waals surface area contributed by atoms with Gasteiger partial charge in [0.25, 0.3) is 0 Å². The molecule has 0 spiro atoms. The van der Waals surface area contributed by atoms with E-state index < -0.39 is 0 Å². The minimum atomic E-state index is -0.145. The SMILES string of the molecule is CCC=CC(F)=[N+](C)CCC. The highest BCUT2D eigenvalue weighted by atomic mass is 19.1. The second kappa shape index (κ2) is 6.08. The van der Waals surface area contributed by atoms with Crippen molar-refractivity contribution in [3.8, 4) is 0 Å². The maximum Gasteiger partial charge on any atom is 0.353 e. The topological polar surface area (TPSA) is 3.01 Å². The van der Waals surface area contributed by atoms with Gasteiger partial charge in [0.05, 0.1) is 0 Å². The molecule has 0 aromatic rings. The molecule has 0 unspecified atom stereocenters. The summed E-state index contributed by atoms with van der Waals surface area (Å²) in [7, 11) is 1.76. The molecule has 0 heterocycles. The number of hydrogen-bond acceptors (Lipinski definition) is 0. The third kappa shape index (κ3) is 4.71. The van der Waals surface area contributed by atoms with Crippen molar-refractivity contribution in [2.75, 3.05) is 13.6 Å². The number of hydrogen-bond donors (Lipinski definition) is 0. The molecule has 0 fully saturated rings. The molecule has 11 heavy (non-hydrogen) atoms. The Labute approximate surface area is 68.2 Å². The van der Waals surface area contributed by atoms with Gasteiger partial charge in [-0.15, -0.1) is 4.39 Å². The third-order valence-electron chi connectivity index (χ3n) is 1.41. The summed E-state index contributed by atoms with van der Waals surface area (Å²) < 4.78 is 14.5. The third-order valence-corrected chi connectivity index (χ3v) is 1.41. The van der Waals surface area contributed by atoms with Crippen LogP contribution in [0.15, 0.2) is 12.2 Å². The van der Waals surface area contributed by atoms with E-state index in [1.807, 2.05) is 19.9 Å². The van der Waals surface area contributed by atoms with Crippen LogP contribution in [0.2, 0.25) is 0 Å². The predicted molar refractivity (Wildman–Crippen MR) is 46.9 cm³/mol. The number of rotatable bonds is 4. The smallest absolute Gasteiger partial charge is 0.208 e. The Morgan fingerprint density at radius 1 is 1.45 bits per heavy atom. The van der Waals surface area contributed by atoms with Gasteiger partial charge in [-0.25, -0.2) is 4.58 Å². The van der Waals surface area contributed by atoms with E-state index in [0.29, 0.717) is 0 Å². The number of halogens is 1. The first kappa shape index (κ1) is 10.3. The van der Waals surface area contributed by atoms with Crippen molar-refractivity contribution in [2.24, 2.45) is 0 Å². The lowest BCUT2D eigenvalue weighted by molar-refractivity contribution is -0.501. The highest BCUT2D eigenvalue weighted by Crippen LogP contribution is 1.88. The van der Waals surface area contributed by atoms with Crippen molar-refractivity contribution < 1.29 is 8.97 Å².